The Kier molecular flexibility index (Phi) is 0.906. The summed E-state index contributed by atoms with van der Waals surface area (Å²) in [7, 11) is 0. The van der Waals surface area contributed by atoms with Crippen LogP contribution in [0.4, 0.5) is 0 Å². The molecule has 1 rings (SSSR count). The van der Waals surface area contributed by atoms with Crippen molar-refractivity contribution in [3.8, 4) is 0 Å². The van der Waals surface area contributed by atoms with Crippen LogP contribution in [0.5, 0.6) is 0 Å². The van der Waals surface area contributed by atoms with Gasteiger partial charge < -0.3 is 4.74 Å². The first-order valence-electron chi connectivity index (χ1n) is 1.72. The van der Waals surface area contributed by atoms with Crippen molar-refractivity contribution in [2.24, 2.45) is 0 Å². The molecule has 0 atom stereocenters. The lowest BCUT2D eigenvalue weighted by Gasteiger charge is -1.80. The van der Waals surface area contributed by atoms with E-state index in [2.05, 4.69) is 17.0 Å². The van der Waals surface area contributed by atoms with Crippen molar-refractivity contribution in [3.63, 3.8) is 0 Å². The lowest BCUT2D eigenvalue weighted by atomic mass is 10.5. The van der Waals surface area contributed by atoms with E-state index in [1.54, 1.807) is 0 Å². The molecule has 1 heterocycles. The Hall–Kier alpha value is -0.700. The number of hydrogen-bond acceptors (Lipinski definition) is 3. The highest BCUT2D eigenvalue weighted by Gasteiger charge is 2.10. The van der Waals surface area contributed by atoms with E-state index < -0.39 is 5.97 Å². The average molecular weight is 114 g/mol. The van der Waals surface area contributed by atoms with Crippen molar-refractivity contribution < 1.29 is 9.53 Å². The van der Waals surface area contributed by atoms with E-state index in [-0.39, 0.29) is 4.86 Å². The number of rotatable bonds is 0. The molecule has 0 fully saturated rings. The van der Waals surface area contributed by atoms with Gasteiger partial charge in [-0.05, 0) is 6.08 Å². The van der Waals surface area contributed by atoms with Crippen LogP contribution < -0.4 is 0 Å². The van der Waals surface area contributed by atoms with Gasteiger partial charge in [0.15, 0.2) is 0 Å². The summed E-state index contributed by atoms with van der Waals surface area (Å²) in [6.45, 7) is 0. The Morgan fingerprint density at radius 3 is 2.57 bits per heavy atom. The van der Waals surface area contributed by atoms with E-state index in [0.29, 0.717) is 0 Å². The zero-order valence-corrected chi connectivity index (χ0v) is 4.20. The van der Waals surface area contributed by atoms with Crippen molar-refractivity contribution in [3.05, 3.63) is 12.3 Å². The molecule has 0 N–H and O–H groups in total. The lowest BCUT2D eigenvalue weighted by molar-refractivity contribution is -0.129. The highest BCUT2D eigenvalue weighted by molar-refractivity contribution is 7.82. The summed E-state index contributed by atoms with van der Waals surface area (Å²) in [5.41, 5.74) is 0. The number of cyclic esters (lactones) is 1. The summed E-state index contributed by atoms with van der Waals surface area (Å²) in [5.74, 6) is -0.421. The molecule has 3 heteroatoms. The molecule has 0 unspecified atom stereocenters. The molecule has 1 aliphatic rings. The second-order valence-electron chi connectivity index (χ2n) is 1.07. The summed E-state index contributed by atoms with van der Waals surface area (Å²) in [6, 6.07) is 0. The zero-order valence-electron chi connectivity index (χ0n) is 3.38. The zero-order chi connectivity index (χ0) is 5.28. The second kappa shape index (κ2) is 1.42. The van der Waals surface area contributed by atoms with E-state index in [9.17, 15) is 4.79 Å². The molecule has 0 saturated carbocycles. The Balaban J connectivity index is 2.81. The molecular weight excluding hydrogens is 112 g/mol. The largest absolute Gasteiger partial charge is 0.430 e. The van der Waals surface area contributed by atoms with E-state index in [4.69, 9.17) is 0 Å². The number of carbonyl (C=O) groups is 1. The fraction of sp³-hybridized carbons (Fsp3) is 0. The topological polar surface area (TPSA) is 26.3 Å². The van der Waals surface area contributed by atoms with Gasteiger partial charge in [-0.3, -0.25) is 0 Å². The molecule has 0 bridgehead atoms. The maximum Gasteiger partial charge on any atom is 0.354 e. The van der Waals surface area contributed by atoms with Crippen LogP contribution in [0.3, 0.4) is 0 Å². The van der Waals surface area contributed by atoms with Crippen molar-refractivity contribution in [1.82, 2.24) is 0 Å². The predicted molar refractivity (Wildman–Crippen MR) is 27.8 cm³/mol. The Labute approximate surface area is 45.8 Å². The maximum atomic E-state index is 10.1. The normalized spacial score (nSPS) is 17.7. The predicted octanol–water partition coefficient (Wildman–Crippen LogP) is 0.427. The quantitative estimate of drug-likeness (QED) is 0.337. The third-order valence-corrected chi connectivity index (χ3v) is 0.898. The first-order valence-corrected chi connectivity index (χ1v) is 2.13. The minimum Gasteiger partial charge on any atom is -0.430 e. The van der Waals surface area contributed by atoms with Crippen LogP contribution >= 0.6 is 12.2 Å². The number of thiocarbonyl (C=S) groups is 1. The first kappa shape index (κ1) is 4.46. The molecule has 0 saturated heterocycles. The lowest BCUT2D eigenvalue weighted by Crippen LogP contribution is -2.01. The summed E-state index contributed by atoms with van der Waals surface area (Å²) in [4.78, 5) is 10.4. The van der Waals surface area contributed by atoms with Gasteiger partial charge in [-0.2, -0.15) is 0 Å². The summed E-state index contributed by atoms with van der Waals surface area (Å²) in [5, 5.41) is 0. The molecule has 0 aromatic heterocycles. The molecule has 0 spiro atoms. The van der Waals surface area contributed by atoms with E-state index in [1.165, 1.54) is 12.3 Å². The van der Waals surface area contributed by atoms with Crippen LogP contribution in [0.2, 0.25) is 0 Å². The summed E-state index contributed by atoms with van der Waals surface area (Å²) in [6.07, 6.45) is 2.74. The van der Waals surface area contributed by atoms with Crippen LogP contribution in [-0.4, -0.2) is 10.8 Å². The van der Waals surface area contributed by atoms with Gasteiger partial charge in [-0.15, -0.1) is 0 Å². The third kappa shape index (κ3) is 0.667. The Morgan fingerprint density at radius 1 is 1.71 bits per heavy atom. The highest BCUT2D eigenvalue weighted by Crippen LogP contribution is 1.95. The Bertz CT molecular complexity index is 148. The van der Waals surface area contributed by atoms with Crippen LogP contribution in [0.1, 0.15) is 0 Å². The van der Waals surface area contributed by atoms with Crippen molar-refractivity contribution in [2.45, 2.75) is 0 Å². The van der Waals surface area contributed by atoms with Crippen molar-refractivity contribution in [1.29, 1.82) is 0 Å². The molecule has 0 aromatic rings. The first-order chi connectivity index (χ1) is 3.30. The third-order valence-electron chi connectivity index (χ3n) is 0.596. The molecule has 0 aromatic carbocycles. The standard InChI is InChI=1S/C4H2O2S/c5-4-3(7)1-2-6-4/h1-2H. The van der Waals surface area contributed by atoms with Gasteiger partial charge >= 0.3 is 5.97 Å². The van der Waals surface area contributed by atoms with Crippen molar-refractivity contribution in [2.75, 3.05) is 0 Å². The second-order valence-corrected chi connectivity index (χ2v) is 1.51. The van der Waals surface area contributed by atoms with E-state index in [0.717, 1.165) is 0 Å². The molecule has 0 radical (unpaired) electrons. The SMILES string of the molecule is O=C1OC=CC1=S. The number of hydrogen-bond donors (Lipinski definition) is 0. The van der Waals surface area contributed by atoms with Crippen molar-refractivity contribution >= 4 is 23.1 Å². The van der Waals surface area contributed by atoms with Gasteiger partial charge in [0, 0.05) is 0 Å². The summed E-state index contributed by atoms with van der Waals surface area (Å²) >= 11 is 4.48. The van der Waals surface area contributed by atoms with E-state index in [1.807, 2.05) is 0 Å². The molecule has 7 heavy (non-hydrogen) atoms. The monoisotopic (exact) mass is 114 g/mol. The molecule has 1 aliphatic heterocycles. The average Bonchev–Trinajstić information content (AvgIpc) is 1.91. The fourth-order valence-corrected chi connectivity index (χ4v) is 0.387. The molecule has 0 aliphatic carbocycles. The highest BCUT2D eigenvalue weighted by atomic mass is 32.1. The van der Waals surface area contributed by atoms with E-state index >= 15 is 0 Å². The maximum absolute atomic E-state index is 10.1. The van der Waals surface area contributed by atoms with Crippen LogP contribution in [0.15, 0.2) is 12.3 Å². The van der Waals surface area contributed by atoms with Gasteiger partial charge in [-0.25, -0.2) is 4.79 Å². The fourth-order valence-electron chi connectivity index (χ4n) is 0.284. The molecule has 36 valence electrons. The minimum atomic E-state index is -0.421. The Morgan fingerprint density at radius 2 is 2.43 bits per heavy atom. The number of ether oxygens (including phenoxy) is 1. The smallest absolute Gasteiger partial charge is 0.354 e. The van der Waals surface area contributed by atoms with Gasteiger partial charge in [0.1, 0.15) is 4.86 Å². The minimum absolute atomic E-state index is 0.250. The van der Waals surface area contributed by atoms with Gasteiger partial charge in [0.05, 0.1) is 6.26 Å². The van der Waals surface area contributed by atoms with Crippen LogP contribution in [0, 0.1) is 0 Å². The van der Waals surface area contributed by atoms with Gasteiger partial charge in [-0.1, -0.05) is 12.2 Å². The molecule has 2 nitrogen and oxygen atoms in total. The molecule has 0 amide bonds. The van der Waals surface area contributed by atoms with Gasteiger partial charge in [0.25, 0.3) is 0 Å². The number of carbonyl (C=O) groups excluding carboxylic acids is 1. The van der Waals surface area contributed by atoms with Crippen LogP contribution in [-0.2, 0) is 9.53 Å². The van der Waals surface area contributed by atoms with Crippen LogP contribution in [0.25, 0.3) is 0 Å². The number of esters is 1. The van der Waals surface area contributed by atoms with Gasteiger partial charge in [0.2, 0.25) is 0 Å². The summed E-state index contributed by atoms with van der Waals surface area (Å²) < 4.78 is 4.30. The molecular formula is C4H2O2S.